The summed E-state index contributed by atoms with van der Waals surface area (Å²) >= 11 is 0. The Bertz CT molecular complexity index is 995. The molecule has 3 aromatic rings. The third kappa shape index (κ3) is 3.78. The topological polar surface area (TPSA) is 91.5 Å². The molecule has 0 aliphatic carbocycles. The van der Waals surface area contributed by atoms with Gasteiger partial charge in [0, 0.05) is 17.8 Å². The molecule has 0 aliphatic rings. The maximum Gasteiger partial charge on any atom is 0.340 e. The van der Waals surface area contributed by atoms with Gasteiger partial charge in [0.15, 0.2) is 5.76 Å². The van der Waals surface area contributed by atoms with Crippen molar-refractivity contribution in [1.82, 2.24) is 10.1 Å². The summed E-state index contributed by atoms with van der Waals surface area (Å²) in [7, 11) is 0. The quantitative estimate of drug-likeness (QED) is 0.595. The van der Waals surface area contributed by atoms with Crippen LogP contribution in [-0.4, -0.2) is 35.3 Å². The molecule has 0 radical (unpaired) electrons. The van der Waals surface area contributed by atoms with Crippen molar-refractivity contribution >= 4 is 11.9 Å². The lowest BCUT2D eigenvalue weighted by Gasteiger charge is -2.15. The molecule has 28 heavy (non-hydrogen) atoms. The first kappa shape index (κ1) is 19.3. The Labute approximate surface area is 162 Å². The van der Waals surface area contributed by atoms with Crippen molar-refractivity contribution in [2.45, 2.75) is 20.8 Å². The molecule has 0 saturated carbocycles. The van der Waals surface area contributed by atoms with Crippen molar-refractivity contribution in [3.8, 4) is 22.6 Å². The fraction of sp³-hybridized carbons (Fsp3) is 0.238. The average molecular weight is 380 g/mol. The number of hydrogen-bond acceptors (Lipinski definition) is 7. The van der Waals surface area contributed by atoms with Gasteiger partial charge in [-0.1, -0.05) is 35.5 Å². The van der Waals surface area contributed by atoms with E-state index >= 15 is 0 Å². The summed E-state index contributed by atoms with van der Waals surface area (Å²) in [4.78, 5) is 29.8. The zero-order valence-corrected chi connectivity index (χ0v) is 15.9. The van der Waals surface area contributed by atoms with Gasteiger partial charge in [-0.05, 0) is 20.8 Å². The van der Waals surface area contributed by atoms with Gasteiger partial charge in [0.1, 0.15) is 0 Å². The zero-order chi connectivity index (χ0) is 20.1. The van der Waals surface area contributed by atoms with Crippen LogP contribution in [0, 0.1) is 6.92 Å². The SMILES string of the molecule is CCOC(=O)c1cnc(-c2ccccc2)c(-c2cc(C)no2)c1C(=O)OCC. The number of hydrogen-bond donors (Lipinski definition) is 0. The second-order valence-electron chi connectivity index (χ2n) is 5.91. The first-order chi connectivity index (χ1) is 13.6. The second kappa shape index (κ2) is 8.47. The second-order valence-corrected chi connectivity index (χ2v) is 5.91. The number of benzene rings is 1. The first-order valence-electron chi connectivity index (χ1n) is 8.93. The predicted octanol–water partition coefficient (Wildman–Crippen LogP) is 4.07. The van der Waals surface area contributed by atoms with Gasteiger partial charge in [0.05, 0.1) is 41.3 Å². The number of rotatable bonds is 6. The van der Waals surface area contributed by atoms with Crippen LogP contribution in [-0.2, 0) is 9.47 Å². The van der Waals surface area contributed by atoms with Gasteiger partial charge in [0.25, 0.3) is 0 Å². The molecule has 0 saturated heterocycles. The molecule has 2 aromatic heterocycles. The fourth-order valence-electron chi connectivity index (χ4n) is 2.83. The highest BCUT2D eigenvalue weighted by atomic mass is 16.5. The molecule has 0 unspecified atom stereocenters. The minimum absolute atomic E-state index is 0.0176. The Morgan fingerprint density at radius 2 is 1.71 bits per heavy atom. The van der Waals surface area contributed by atoms with E-state index in [1.165, 1.54) is 6.20 Å². The summed E-state index contributed by atoms with van der Waals surface area (Å²) in [6, 6.07) is 11.0. The highest BCUT2D eigenvalue weighted by Crippen LogP contribution is 2.36. The lowest BCUT2D eigenvalue weighted by atomic mass is 9.95. The molecular formula is C21H20N2O5. The van der Waals surface area contributed by atoms with E-state index in [-0.39, 0.29) is 24.3 Å². The third-order valence-corrected chi connectivity index (χ3v) is 3.98. The van der Waals surface area contributed by atoms with E-state index < -0.39 is 11.9 Å². The molecule has 0 aliphatic heterocycles. The Morgan fingerprint density at radius 1 is 1.04 bits per heavy atom. The Kier molecular flexibility index (Phi) is 5.84. The lowest BCUT2D eigenvalue weighted by Crippen LogP contribution is -2.17. The normalized spacial score (nSPS) is 10.5. The lowest BCUT2D eigenvalue weighted by molar-refractivity contribution is 0.0479. The molecule has 1 aromatic carbocycles. The molecule has 0 fully saturated rings. The standard InChI is InChI=1S/C21H20N2O5/c1-4-26-20(24)15-12-22-19(14-9-7-6-8-10-14)18(16-11-13(3)23-28-16)17(15)21(25)27-5-2/h6-12H,4-5H2,1-3H3. The van der Waals surface area contributed by atoms with Crippen LogP contribution in [0.4, 0.5) is 0 Å². The largest absolute Gasteiger partial charge is 0.462 e. The van der Waals surface area contributed by atoms with Crippen LogP contribution in [0.2, 0.25) is 0 Å². The van der Waals surface area contributed by atoms with E-state index in [0.717, 1.165) is 5.56 Å². The minimum atomic E-state index is -0.658. The summed E-state index contributed by atoms with van der Waals surface area (Å²) in [5.74, 6) is -0.998. The van der Waals surface area contributed by atoms with E-state index in [9.17, 15) is 9.59 Å². The Balaban J connectivity index is 2.35. The minimum Gasteiger partial charge on any atom is -0.462 e. The molecule has 3 rings (SSSR count). The number of esters is 2. The molecule has 2 heterocycles. The van der Waals surface area contributed by atoms with Crippen molar-refractivity contribution in [1.29, 1.82) is 0 Å². The van der Waals surface area contributed by atoms with Gasteiger partial charge in [-0.25, -0.2) is 9.59 Å². The maximum absolute atomic E-state index is 12.8. The molecule has 0 bridgehead atoms. The number of ether oxygens (including phenoxy) is 2. The van der Waals surface area contributed by atoms with Crippen LogP contribution in [0.3, 0.4) is 0 Å². The molecule has 7 heteroatoms. The first-order valence-corrected chi connectivity index (χ1v) is 8.93. The third-order valence-electron chi connectivity index (χ3n) is 3.98. The number of nitrogens with zero attached hydrogens (tertiary/aromatic N) is 2. The van der Waals surface area contributed by atoms with Crippen LogP contribution < -0.4 is 0 Å². The van der Waals surface area contributed by atoms with Crippen molar-refractivity contribution in [3.63, 3.8) is 0 Å². The highest BCUT2D eigenvalue weighted by molar-refractivity contribution is 6.09. The number of carbonyl (C=O) groups excluding carboxylic acids is 2. The van der Waals surface area contributed by atoms with Crippen molar-refractivity contribution in [2.24, 2.45) is 0 Å². The van der Waals surface area contributed by atoms with Crippen LogP contribution in [0.5, 0.6) is 0 Å². The van der Waals surface area contributed by atoms with E-state index in [1.807, 2.05) is 30.3 Å². The average Bonchev–Trinajstić information content (AvgIpc) is 3.14. The number of aryl methyl sites for hydroxylation is 1. The van der Waals surface area contributed by atoms with Crippen LogP contribution in [0.15, 0.2) is 47.1 Å². The predicted molar refractivity (Wildman–Crippen MR) is 102 cm³/mol. The van der Waals surface area contributed by atoms with Gasteiger partial charge in [-0.3, -0.25) is 4.98 Å². The summed E-state index contributed by atoms with van der Waals surface area (Å²) < 4.78 is 15.8. The van der Waals surface area contributed by atoms with Crippen molar-refractivity contribution in [3.05, 3.63) is 59.4 Å². The van der Waals surface area contributed by atoms with Crippen molar-refractivity contribution in [2.75, 3.05) is 13.2 Å². The molecule has 0 atom stereocenters. The summed E-state index contributed by atoms with van der Waals surface area (Å²) in [5.41, 5.74) is 2.27. The zero-order valence-electron chi connectivity index (χ0n) is 15.9. The highest BCUT2D eigenvalue weighted by Gasteiger charge is 2.29. The summed E-state index contributed by atoms with van der Waals surface area (Å²) in [6.07, 6.45) is 1.33. The fourth-order valence-corrected chi connectivity index (χ4v) is 2.83. The smallest absolute Gasteiger partial charge is 0.340 e. The molecule has 0 amide bonds. The summed E-state index contributed by atoms with van der Waals surface area (Å²) in [6.45, 7) is 5.47. The van der Waals surface area contributed by atoms with Gasteiger partial charge in [0.2, 0.25) is 0 Å². The van der Waals surface area contributed by atoms with E-state index in [2.05, 4.69) is 10.1 Å². The Morgan fingerprint density at radius 3 is 2.32 bits per heavy atom. The monoisotopic (exact) mass is 380 g/mol. The van der Waals surface area contributed by atoms with Crippen LogP contribution in [0.1, 0.15) is 40.3 Å². The van der Waals surface area contributed by atoms with Gasteiger partial charge >= 0.3 is 11.9 Å². The molecule has 7 nitrogen and oxygen atoms in total. The molecular weight excluding hydrogens is 360 g/mol. The van der Waals surface area contributed by atoms with Crippen LogP contribution in [0.25, 0.3) is 22.6 Å². The van der Waals surface area contributed by atoms with Gasteiger partial charge < -0.3 is 14.0 Å². The number of pyridine rings is 1. The van der Waals surface area contributed by atoms with E-state index in [4.69, 9.17) is 14.0 Å². The number of aromatic nitrogens is 2. The van der Waals surface area contributed by atoms with Gasteiger partial charge in [-0.2, -0.15) is 0 Å². The van der Waals surface area contributed by atoms with Crippen LogP contribution >= 0.6 is 0 Å². The number of carbonyl (C=O) groups is 2. The van der Waals surface area contributed by atoms with E-state index in [0.29, 0.717) is 22.7 Å². The summed E-state index contributed by atoms with van der Waals surface area (Å²) in [5, 5.41) is 3.91. The Hall–Kier alpha value is -3.48. The maximum atomic E-state index is 12.8. The van der Waals surface area contributed by atoms with Crippen molar-refractivity contribution < 1.29 is 23.6 Å². The molecule has 0 spiro atoms. The van der Waals surface area contributed by atoms with Gasteiger partial charge in [-0.15, -0.1) is 0 Å². The van der Waals surface area contributed by atoms with E-state index in [1.54, 1.807) is 26.8 Å². The molecule has 0 N–H and O–H groups in total. The molecule has 144 valence electrons.